The van der Waals surface area contributed by atoms with Crippen LogP contribution in [0.5, 0.6) is 11.6 Å². The van der Waals surface area contributed by atoms with Crippen molar-refractivity contribution >= 4 is 33.2 Å². The molecule has 0 spiro atoms. The van der Waals surface area contributed by atoms with E-state index in [1.807, 2.05) is 35.7 Å². The van der Waals surface area contributed by atoms with Gasteiger partial charge in [0, 0.05) is 5.56 Å². The third-order valence-corrected chi connectivity index (χ3v) is 5.57. The van der Waals surface area contributed by atoms with Crippen molar-refractivity contribution in [1.82, 2.24) is 9.97 Å². The van der Waals surface area contributed by atoms with Crippen LogP contribution in [0.3, 0.4) is 0 Å². The van der Waals surface area contributed by atoms with Crippen molar-refractivity contribution in [3.8, 4) is 11.6 Å². The number of aliphatic hydroxyl groups is 2. The van der Waals surface area contributed by atoms with E-state index in [4.69, 9.17) is 21.1 Å². The Morgan fingerprint density at radius 3 is 2.76 bits per heavy atom. The molecule has 0 radical (unpaired) electrons. The van der Waals surface area contributed by atoms with Crippen LogP contribution in [0, 0.1) is 0 Å². The fourth-order valence-corrected chi connectivity index (χ4v) is 4.17. The zero-order chi connectivity index (χ0) is 17.4. The molecule has 2 N–H and O–H groups in total. The molecule has 1 aliphatic heterocycles. The van der Waals surface area contributed by atoms with E-state index in [1.165, 1.54) is 17.7 Å². The summed E-state index contributed by atoms with van der Waals surface area (Å²) in [6.45, 7) is -0.291. The molecule has 3 aromatic rings. The predicted octanol–water partition coefficient (Wildman–Crippen LogP) is 2.88. The van der Waals surface area contributed by atoms with Gasteiger partial charge in [0.15, 0.2) is 0 Å². The van der Waals surface area contributed by atoms with E-state index in [9.17, 15) is 10.2 Å². The van der Waals surface area contributed by atoms with Gasteiger partial charge in [-0.15, -0.1) is 22.9 Å². The van der Waals surface area contributed by atoms with Crippen LogP contribution >= 0.6 is 22.9 Å². The molecule has 1 aromatic carbocycles. The van der Waals surface area contributed by atoms with Crippen molar-refractivity contribution in [2.75, 3.05) is 6.61 Å². The fraction of sp³-hybridized carbons (Fsp3) is 0.294. The lowest BCUT2D eigenvalue weighted by Crippen LogP contribution is -2.29. The number of aromatic nitrogens is 2. The summed E-state index contributed by atoms with van der Waals surface area (Å²) >= 11 is 7.73. The van der Waals surface area contributed by atoms with Crippen LogP contribution in [0.25, 0.3) is 10.2 Å². The van der Waals surface area contributed by atoms with Gasteiger partial charge in [-0.05, 0) is 17.5 Å². The average Bonchev–Trinajstić information content (AvgIpc) is 3.18. The first kappa shape index (κ1) is 16.7. The van der Waals surface area contributed by atoms with Gasteiger partial charge >= 0.3 is 0 Å². The van der Waals surface area contributed by atoms with E-state index in [-0.39, 0.29) is 6.61 Å². The molecule has 1 aliphatic rings. The number of aliphatic hydroxyl groups excluding tert-OH is 2. The molecule has 0 unspecified atom stereocenters. The van der Waals surface area contributed by atoms with Gasteiger partial charge in [-0.3, -0.25) is 0 Å². The van der Waals surface area contributed by atoms with Crippen LogP contribution in [0.2, 0.25) is 0 Å². The second kappa shape index (κ2) is 6.86. The first-order chi connectivity index (χ1) is 12.2. The minimum absolute atomic E-state index is 0.291. The maximum atomic E-state index is 10.1. The van der Waals surface area contributed by atoms with E-state index >= 15 is 0 Å². The van der Waals surface area contributed by atoms with Crippen LogP contribution in [0.1, 0.15) is 11.7 Å². The number of alkyl halides is 1. The fourth-order valence-electron chi connectivity index (χ4n) is 2.85. The first-order valence-corrected chi connectivity index (χ1v) is 9.04. The third kappa shape index (κ3) is 2.98. The Morgan fingerprint density at radius 2 is 2.04 bits per heavy atom. The molecule has 0 aliphatic carbocycles. The Morgan fingerprint density at radius 1 is 1.24 bits per heavy atom. The number of para-hydroxylation sites is 1. The highest BCUT2D eigenvalue weighted by molar-refractivity contribution is 7.17. The SMILES string of the molecule is OC[C@H]1O[C@@H](c2csc3c(Oc4ccccc4)ncnc23)[C@H](Cl)[C@@H]1O. The highest BCUT2D eigenvalue weighted by atomic mass is 35.5. The van der Waals surface area contributed by atoms with Crippen molar-refractivity contribution < 1.29 is 19.7 Å². The second-order valence-corrected chi connectivity index (χ2v) is 7.06. The Hall–Kier alpha value is -1.77. The monoisotopic (exact) mass is 378 g/mol. The summed E-state index contributed by atoms with van der Waals surface area (Å²) in [6, 6.07) is 9.37. The second-order valence-electron chi connectivity index (χ2n) is 5.68. The Kier molecular flexibility index (Phi) is 4.58. The quantitative estimate of drug-likeness (QED) is 0.679. The van der Waals surface area contributed by atoms with Crippen LogP contribution in [-0.2, 0) is 4.74 Å². The van der Waals surface area contributed by atoms with Gasteiger partial charge in [-0.1, -0.05) is 18.2 Å². The lowest BCUT2D eigenvalue weighted by molar-refractivity contribution is -0.0221. The number of fused-ring (bicyclic) bond motifs is 1. The number of hydrogen-bond acceptors (Lipinski definition) is 7. The summed E-state index contributed by atoms with van der Waals surface area (Å²) in [7, 11) is 0. The molecule has 2 aromatic heterocycles. The molecule has 130 valence electrons. The van der Waals surface area contributed by atoms with Crippen molar-refractivity contribution in [2.45, 2.75) is 23.7 Å². The molecule has 4 rings (SSSR count). The number of ether oxygens (including phenoxy) is 2. The van der Waals surface area contributed by atoms with E-state index in [1.54, 1.807) is 0 Å². The molecule has 0 bridgehead atoms. The molecule has 1 fully saturated rings. The summed E-state index contributed by atoms with van der Waals surface area (Å²) in [4.78, 5) is 8.56. The number of benzene rings is 1. The van der Waals surface area contributed by atoms with E-state index in [0.29, 0.717) is 17.1 Å². The van der Waals surface area contributed by atoms with Crippen molar-refractivity contribution in [1.29, 1.82) is 0 Å². The summed E-state index contributed by atoms with van der Waals surface area (Å²) < 4.78 is 12.3. The maximum Gasteiger partial charge on any atom is 0.240 e. The van der Waals surface area contributed by atoms with Gasteiger partial charge in [0.1, 0.15) is 35.1 Å². The normalized spacial score (nSPS) is 26.2. The predicted molar refractivity (Wildman–Crippen MR) is 94.3 cm³/mol. The maximum absolute atomic E-state index is 10.1. The van der Waals surface area contributed by atoms with Gasteiger partial charge in [0.05, 0.1) is 17.5 Å². The zero-order valence-corrected chi connectivity index (χ0v) is 14.5. The van der Waals surface area contributed by atoms with Gasteiger partial charge in [-0.25, -0.2) is 9.97 Å². The number of thiophene rings is 1. The Labute approximate surface area is 152 Å². The smallest absolute Gasteiger partial charge is 0.240 e. The third-order valence-electron chi connectivity index (χ3n) is 4.11. The number of nitrogens with zero attached hydrogens (tertiary/aromatic N) is 2. The van der Waals surface area contributed by atoms with Crippen molar-refractivity contribution in [3.63, 3.8) is 0 Å². The molecule has 0 amide bonds. The molecule has 1 saturated heterocycles. The summed E-state index contributed by atoms with van der Waals surface area (Å²) in [5, 5.41) is 20.6. The largest absolute Gasteiger partial charge is 0.437 e. The molecule has 0 saturated carbocycles. The molecule has 6 nitrogen and oxygen atoms in total. The van der Waals surface area contributed by atoms with Crippen molar-refractivity contribution in [2.24, 2.45) is 0 Å². The molecule has 8 heteroatoms. The van der Waals surface area contributed by atoms with Crippen LogP contribution < -0.4 is 4.74 Å². The highest BCUT2D eigenvalue weighted by Crippen LogP contribution is 2.43. The summed E-state index contributed by atoms with van der Waals surface area (Å²) in [6.07, 6.45) is -0.769. The lowest BCUT2D eigenvalue weighted by atomic mass is 10.1. The molecular formula is C17H15ClN2O4S. The Bertz CT molecular complexity index is 875. The zero-order valence-electron chi connectivity index (χ0n) is 12.9. The number of hydrogen-bond donors (Lipinski definition) is 2. The first-order valence-electron chi connectivity index (χ1n) is 7.72. The molecular weight excluding hydrogens is 364 g/mol. The topological polar surface area (TPSA) is 84.7 Å². The van der Waals surface area contributed by atoms with Crippen LogP contribution in [-0.4, -0.2) is 44.4 Å². The Balaban J connectivity index is 1.70. The van der Waals surface area contributed by atoms with Gasteiger partial charge in [0.25, 0.3) is 0 Å². The number of halogens is 1. The molecule has 25 heavy (non-hydrogen) atoms. The lowest BCUT2D eigenvalue weighted by Gasteiger charge is -2.13. The summed E-state index contributed by atoms with van der Waals surface area (Å²) in [5.74, 6) is 1.14. The van der Waals surface area contributed by atoms with Crippen LogP contribution in [0.4, 0.5) is 0 Å². The highest BCUT2D eigenvalue weighted by Gasteiger charge is 2.44. The van der Waals surface area contributed by atoms with E-state index in [0.717, 1.165) is 10.3 Å². The average molecular weight is 379 g/mol. The minimum Gasteiger partial charge on any atom is -0.437 e. The van der Waals surface area contributed by atoms with Crippen LogP contribution in [0.15, 0.2) is 42.0 Å². The van der Waals surface area contributed by atoms with E-state index < -0.39 is 23.7 Å². The van der Waals surface area contributed by atoms with E-state index in [2.05, 4.69) is 9.97 Å². The van der Waals surface area contributed by atoms with Gasteiger partial charge in [0.2, 0.25) is 5.88 Å². The minimum atomic E-state index is -0.937. The molecule has 4 atom stereocenters. The summed E-state index contributed by atoms with van der Waals surface area (Å²) in [5.41, 5.74) is 1.43. The number of rotatable bonds is 4. The van der Waals surface area contributed by atoms with Crippen molar-refractivity contribution in [3.05, 3.63) is 47.6 Å². The van der Waals surface area contributed by atoms with Gasteiger partial charge < -0.3 is 19.7 Å². The van der Waals surface area contributed by atoms with Gasteiger partial charge in [-0.2, -0.15) is 0 Å². The molecule has 3 heterocycles. The standard InChI is InChI=1S/C17H15ClN2O4S/c18-12-14(22)11(6-21)24-15(12)10-7-25-16-13(10)19-8-20-17(16)23-9-4-2-1-3-5-9/h1-5,7-8,11-12,14-15,21-22H,6H2/t11-,12-,14-,15+/m1/s1.